The molecule has 0 aliphatic carbocycles. The quantitative estimate of drug-likeness (QED) is 0.206. The van der Waals surface area contributed by atoms with Crippen molar-refractivity contribution in [3.8, 4) is 11.1 Å². The molecular weight excluding hydrogens is 512 g/mol. The highest BCUT2D eigenvalue weighted by Crippen LogP contribution is 2.29. The Morgan fingerprint density at radius 1 is 0.707 bits per heavy atom. The van der Waals surface area contributed by atoms with Crippen LogP contribution < -0.4 is 5.32 Å². The van der Waals surface area contributed by atoms with Crippen molar-refractivity contribution in [1.82, 2.24) is 10.2 Å². The van der Waals surface area contributed by atoms with E-state index in [1.165, 1.54) is 0 Å². The second kappa shape index (κ2) is 14.6. The molecule has 41 heavy (non-hydrogen) atoms. The number of rotatable bonds is 13. The van der Waals surface area contributed by atoms with Gasteiger partial charge >= 0.3 is 5.97 Å². The average molecular weight is 549 g/mol. The molecule has 0 bridgehead atoms. The Labute approximate surface area is 241 Å². The van der Waals surface area contributed by atoms with E-state index in [1.807, 2.05) is 97.9 Å². The van der Waals surface area contributed by atoms with E-state index in [0.29, 0.717) is 41.6 Å². The van der Waals surface area contributed by atoms with Gasteiger partial charge in [0.25, 0.3) is 11.8 Å². The number of nitrogens with zero attached hydrogens (tertiary/aromatic N) is 1. The number of aliphatic carboxylic acids is 1. The van der Waals surface area contributed by atoms with Crippen LogP contribution in [0.5, 0.6) is 0 Å². The first kappa shape index (κ1) is 29.3. The summed E-state index contributed by atoms with van der Waals surface area (Å²) in [6, 6.07) is 34.3. The van der Waals surface area contributed by atoms with E-state index in [2.05, 4.69) is 5.32 Å². The summed E-state index contributed by atoms with van der Waals surface area (Å²) >= 11 is 0. The molecule has 0 aromatic heterocycles. The lowest BCUT2D eigenvalue weighted by Gasteiger charge is -2.30. The molecule has 0 radical (unpaired) electrons. The molecule has 4 rings (SSSR count). The Hall–Kier alpha value is -4.71. The zero-order chi connectivity index (χ0) is 29.0. The highest BCUT2D eigenvalue weighted by molar-refractivity contribution is 6.06. The average Bonchev–Trinajstić information content (AvgIpc) is 3.01. The number of amides is 2. The van der Waals surface area contributed by atoms with Gasteiger partial charge in [0.2, 0.25) is 0 Å². The molecule has 4 aromatic rings. The van der Waals surface area contributed by atoms with Gasteiger partial charge in [-0.25, -0.2) is 0 Å². The topological polar surface area (TPSA) is 86.7 Å². The van der Waals surface area contributed by atoms with Gasteiger partial charge in [0, 0.05) is 30.3 Å². The fourth-order valence-electron chi connectivity index (χ4n) is 4.95. The molecule has 0 aliphatic heterocycles. The Balaban J connectivity index is 1.57. The fourth-order valence-corrected chi connectivity index (χ4v) is 4.95. The summed E-state index contributed by atoms with van der Waals surface area (Å²) in [5.41, 5.74) is 4.52. The van der Waals surface area contributed by atoms with Gasteiger partial charge in [0.1, 0.15) is 0 Å². The molecule has 2 amide bonds. The highest BCUT2D eigenvalue weighted by atomic mass is 16.4. The van der Waals surface area contributed by atoms with Gasteiger partial charge in [-0.15, -0.1) is 0 Å². The monoisotopic (exact) mass is 548 g/mol. The van der Waals surface area contributed by atoms with Crippen LogP contribution in [0.4, 0.5) is 0 Å². The van der Waals surface area contributed by atoms with Gasteiger partial charge in [0.05, 0.1) is 6.42 Å². The number of benzene rings is 4. The summed E-state index contributed by atoms with van der Waals surface area (Å²) in [6.07, 6.45) is 2.03. The maximum Gasteiger partial charge on any atom is 0.305 e. The Kier molecular flexibility index (Phi) is 10.4. The zero-order valence-corrected chi connectivity index (χ0v) is 23.3. The van der Waals surface area contributed by atoms with Gasteiger partial charge < -0.3 is 15.3 Å². The third-order valence-corrected chi connectivity index (χ3v) is 7.21. The number of carbonyl (C=O) groups excluding carboxylic acids is 2. The van der Waals surface area contributed by atoms with Crippen molar-refractivity contribution < 1.29 is 19.5 Å². The van der Waals surface area contributed by atoms with E-state index in [9.17, 15) is 19.5 Å². The number of hydrogen-bond donors (Lipinski definition) is 2. The normalized spacial score (nSPS) is 11.4. The van der Waals surface area contributed by atoms with E-state index < -0.39 is 5.97 Å². The minimum atomic E-state index is -0.955. The number of aryl methyl sites for hydroxylation is 1. The minimum absolute atomic E-state index is 0.0973. The van der Waals surface area contributed by atoms with Crippen molar-refractivity contribution in [2.45, 2.75) is 38.6 Å². The van der Waals surface area contributed by atoms with Gasteiger partial charge in [-0.1, -0.05) is 97.1 Å². The molecule has 6 nitrogen and oxygen atoms in total. The van der Waals surface area contributed by atoms with Crippen LogP contribution in [-0.4, -0.2) is 46.9 Å². The van der Waals surface area contributed by atoms with Crippen molar-refractivity contribution in [3.05, 3.63) is 131 Å². The second-order valence-corrected chi connectivity index (χ2v) is 10.1. The summed E-state index contributed by atoms with van der Waals surface area (Å²) in [7, 11) is 0. The van der Waals surface area contributed by atoms with Crippen LogP contribution in [0.1, 0.15) is 51.6 Å². The van der Waals surface area contributed by atoms with Crippen LogP contribution in [0.2, 0.25) is 0 Å². The molecule has 0 saturated heterocycles. The summed E-state index contributed by atoms with van der Waals surface area (Å²) in [6.45, 7) is 2.54. The first-order valence-electron chi connectivity index (χ1n) is 14.0. The number of carboxylic acids is 1. The van der Waals surface area contributed by atoms with E-state index >= 15 is 0 Å². The van der Waals surface area contributed by atoms with Gasteiger partial charge in [-0.3, -0.25) is 14.4 Å². The lowest BCUT2D eigenvalue weighted by Crippen LogP contribution is -2.40. The molecule has 6 heteroatoms. The van der Waals surface area contributed by atoms with Gasteiger partial charge in [-0.05, 0) is 60.6 Å². The maximum atomic E-state index is 14.0. The first-order valence-corrected chi connectivity index (χ1v) is 14.0. The van der Waals surface area contributed by atoms with Crippen LogP contribution >= 0.6 is 0 Å². The zero-order valence-electron chi connectivity index (χ0n) is 23.3. The summed E-state index contributed by atoms with van der Waals surface area (Å²) in [5.74, 6) is -1.41. The van der Waals surface area contributed by atoms with E-state index in [4.69, 9.17) is 0 Å². The summed E-state index contributed by atoms with van der Waals surface area (Å²) < 4.78 is 0. The van der Waals surface area contributed by atoms with Gasteiger partial charge in [0.15, 0.2) is 0 Å². The molecule has 1 unspecified atom stereocenters. The van der Waals surface area contributed by atoms with E-state index in [-0.39, 0.29) is 30.8 Å². The first-order chi connectivity index (χ1) is 19.9. The van der Waals surface area contributed by atoms with Crippen molar-refractivity contribution in [2.75, 3.05) is 13.1 Å². The third-order valence-electron chi connectivity index (χ3n) is 7.21. The van der Waals surface area contributed by atoms with E-state index in [0.717, 1.165) is 17.5 Å². The van der Waals surface area contributed by atoms with Crippen LogP contribution in [0.3, 0.4) is 0 Å². The van der Waals surface area contributed by atoms with Gasteiger partial charge in [-0.2, -0.15) is 0 Å². The fraction of sp³-hybridized carbons (Fsp3) is 0.229. The lowest BCUT2D eigenvalue weighted by molar-refractivity contribution is -0.137. The molecule has 1 atom stereocenters. The molecule has 4 aromatic carbocycles. The molecule has 0 saturated carbocycles. The third kappa shape index (κ3) is 8.15. The predicted octanol–water partition coefficient (Wildman–Crippen LogP) is 6.26. The Morgan fingerprint density at radius 3 is 1.83 bits per heavy atom. The Morgan fingerprint density at radius 2 is 1.22 bits per heavy atom. The largest absolute Gasteiger partial charge is 0.481 e. The molecule has 210 valence electrons. The number of carbonyl (C=O) groups is 3. The molecule has 0 aliphatic rings. The van der Waals surface area contributed by atoms with Crippen LogP contribution in [0, 0.1) is 0 Å². The smallest absolute Gasteiger partial charge is 0.305 e. The maximum absolute atomic E-state index is 14.0. The van der Waals surface area contributed by atoms with Crippen molar-refractivity contribution in [3.63, 3.8) is 0 Å². The minimum Gasteiger partial charge on any atom is -0.481 e. The molecule has 0 heterocycles. The number of carboxylic acid groups (broad SMARTS) is 1. The summed E-state index contributed by atoms with van der Waals surface area (Å²) in [5, 5.41) is 12.4. The number of nitrogens with one attached hydrogen (secondary N) is 1. The second-order valence-electron chi connectivity index (χ2n) is 10.1. The predicted molar refractivity (Wildman–Crippen MR) is 162 cm³/mol. The Bertz CT molecular complexity index is 1450. The number of hydrogen-bond acceptors (Lipinski definition) is 3. The van der Waals surface area contributed by atoms with Crippen molar-refractivity contribution in [2.24, 2.45) is 0 Å². The van der Waals surface area contributed by atoms with Crippen molar-refractivity contribution in [1.29, 1.82) is 0 Å². The standard InChI is InChI=1S/C35H36N2O4/c1-26(20-21-27-12-4-2-5-13-27)37(25-23-33(38)39)35(41)32-19-11-9-17-30(32)29-16-8-10-18-31(29)34(40)36-24-22-28-14-6-3-7-15-28/h2-19,26H,20-25H2,1H3,(H,36,40)(H,38,39). The molecule has 0 spiro atoms. The highest BCUT2D eigenvalue weighted by Gasteiger charge is 2.25. The molecular formula is C35H36N2O4. The lowest BCUT2D eigenvalue weighted by atomic mass is 9.93. The van der Waals surface area contributed by atoms with E-state index in [1.54, 1.807) is 23.1 Å². The van der Waals surface area contributed by atoms with Crippen LogP contribution in [-0.2, 0) is 17.6 Å². The van der Waals surface area contributed by atoms with Crippen LogP contribution in [0.15, 0.2) is 109 Å². The summed E-state index contributed by atoms with van der Waals surface area (Å²) in [4.78, 5) is 40.4. The SMILES string of the molecule is CC(CCc1ccccc1)N(CCC(=O)O)C(=O)c1ccccc1-c1ccccc1C(=O)NCCc1ccccc1. The van der Waals surface area contributed by atoms with Crippen LogP contribution in [0.25, 0.3) is 11.1 Å². The molecule has 0 fully saturated rings. The molecule has 2 N–H and O–H groups in total. The van der Waals surface area contributed by atoms with Crippen molar-refractivity contribution >= 4 is 17.8 Å².